The van der Waals surface area contributed by atoms with Gasteiger partial charge in [0.25, 0.3) is 11.7 Å². The van der Waals surface area contributed by atoms with Gasteiger partial charge < -0.3 is 15.5 Å². The Morgan fingerprint density at radius 1 is 1.00 bits per heavy atom. The molecule has 2 heterocycles. The lowest BCUT2D eigenvalue weighted by Gasteiger charge is -2.27. The van der Waals surface area contributed by atoms with Crippen molar-refractivity contribution in [1.29, 1.82) is 0 Å². The number of carbonyl (C=O) groups excluding carboxylic acids is 1. The molecular weight excluding hydrogens is 444 g/mol. The zero-order chi connectivity index (χ0) is 23.2. The molecule has 0 radical (unpaired) electrons. The molecule has 2 aromatic carbocycles. The number of aryl methyl sites for hydroxylation is 1. The number of benzene rings is 2. The van der Waals surface area contributed by atoms with Crippen molar-refractivity contribution in [2.75, 3.05) is 28.6 Å². The van der Waals surface area contributed by atoms with Crippen LogP contribution in [0.15, 0.2) is 59.5 Å². The average Bonchev–Trinajstić information content (AvgIpc) is 2.80. The minimum atomic E-state index is -2.59. The molecule has 3 aromatic rings. The van der Waals surface area contributed by atoms with Crippen molar-refractivity contribution >= 4 is 40.8 Å². The van der Waals surface area contributed by atoms with Gasteiger partial charge in [-0.25, -0.2) is 4.98 Å². The van der Waals surface area contributed by atoms with Crippen molar-refractivity contribution in [2.24, 2.45) is 0 Å². The molecular formula is C24H25F2N5OS. The Morgan fingerprint density at radius 3 is 2.42 bits per heavy atom. The van der Waals surface area contributed by atoms with Crippen molar-refractivity contribution in [2.45, 2.75) is 36.8 Å². The number of anilines is 4. The van der Waals surface area contributed by atoms with E-state index in [0.29, 0.717) is 23.3 Å². The van der Waals surface area contributed by atoms with E-state index in [1.54, 1.807) is 24.3 Å². The normalized spacial score (nSPS) is 13.8. The lowest BCUT2D eigenvalue weighted by atomic mass is 10.1. The third-order valence-corrected chi connectivity index (χ3v) is 6.03. The van der Waals surface area contributed by atoms with E-state index in [-0.39, 0.29) is 10.5 Å². The number of hydrogen-bond acceptors (Lipinski definition) is 6. The Balaban J connectivity index is 1.43. The lowest BCUT2D eigenvalue weighted by molar-refractivity contribution is 0.102. The van der Waals surface area contributed by atoms with Crippen molar-refractivity contribution in [1.82, 2.24) is 9.97 Å². The summed E-state index contributed by atoms with van der Waals surface area (Å²) in [6.07, 6.45) is 3.55. The molecule has 0 atom stereocenters. The molecule has 0 saturated carbocycles. The fourth-order valence-corrected chi connectivity index (χ4v) is 4.33. The molecule has 1 saturated heterocycles. The third kappa shape index (κ3) is 6.19. The molecule has 0 aliphatic carbocycles. The minimum absolute atomic E-state index is 0.215. The van der Waals surface area contributed by atoms with Crippen molar-refractivity contribution in [3.8, 4) is 0 Å². The van der Waals surface area contributed by atoms with Crippen molar-refractivity contribution < 1.29 is 13.6 Å². The topological polar surface area (TPSA) is 70.2 Å². The fraction of sp³-hybridized carbons (Fsp3) is 0.292. The molecule has 1 aliphatic heterocycles. The molecule has 1 aromatic heterocycles. The van der Waals surface area contributed by atoms with E-state index in [4.69, 9.17) is 0 Å². The number of halogens is 2. The highest BCUT2D eigenvalue weighted by atomic mass is 32.2. The first kappa shape index (κ1) is 23.0. The molecule has 1 fully saturated rings. The molecule has 1 amide bonds. The highest BCUT2D eigenvalue weighted by molar-refractivity contribution is 7.99. The van der Waals surface area contributed by atoms with Gasteiger partial charge in [-0.2, -0.15) is 13.8 Å². The fourth-order valence-electron chi connectivity index (χ4n) is 3.69. The van der Waals surface area contributed by atoms with Crippen LogP contribution in [-0.4, -0.2) is 34.7 Å². The predicted octanol–water partition coefficient (Wildman–Crippen LogP) is 6.09. The summed E-state index contributed by atoms with van der Waals surface area (Å²) in [4.78, 5) is 24.3. The van der Waals surface area contributed by atoms with Crippen molar-refractivity contribution in [3.63, 3.8) is 0 Å². The van der Waals surface area contributed by atoms with Gasteiger partial charge in [0.1, 0.15) is 5.82 Å². The summed E-state index contributed by atoms with van der Waals surface area (Å²) in [6, 6.07) is 15.4. The number of alkyl halides is 2. The molecule has 9 heteroatoms. The van der Waals surface area contributed by atoms with Gasteiger partial charge in [0, 0.05) is 41.1 Å². The van der Waals surface area contributed by atoms with Gasteiger partial charge in [-0.3, -0.25) is 4.79 Å². The number of nitrogens with one attached hydrogen (secondary N) is 2. The van der Waals surface area contributed by atoms with E-state index in [9.17, 15) is 13.6 Å². The van der Waals surface area contributed by atoms with Crippen LogP contribution in [0, 0.1) is 6.92 Å². The van der Waals surface area contributed by atoms with Crippen LogP contribution < -0.4 is 15.5 Å². The van der Waals surface area contributed by atoms with E-state index in [1.807, 2.05) is 25.1 Å². The van der Waals surface area contributed by atoms with Crippen LogP contribution in [0.25, 0.3) is 0 Å². The van der Waals surface area contributed by atoms with Crippen LogP contribution in [0.5, 0.6) is 0 Å². The number of piperidine rings is 1. The van der Waals surface area contributed by atoms with Crippen LogP contribution in [-0.2, 0) is 0 Å². The predicted molar refractivity (Wildman–Crippen MR) is 129 cm³/mol. The van der Waals surface area contributed by atoms with Gasteiger partial charge in [0.05, 0.1) is 5.56 Å². The molecule has 0 unspecified atom stereocenters. The van der Waals surface area contributed by atoms with Crippen LogP contribution in [0.3, 0.4) is 0 Å². The zero-order valence-electron chi connectivity index (χ0n) is 18.2. The number of rotatable bonds is 7. The summed E-state index contributed by atoms with van der Waals surface area (Å²) in [6.45, 7) is 3.88. The van der Waals surface area contributed by atoms with Crippen LogP contribution in [0.1, 0.15) is 35.3 Å². The van der Waals surface area contributed by atoms with E-state index in [1.165, 1.54) is 18.6 Å². The van der Waals surface area contributed by atoms with Crippen LogP contribution >= 0.6 is 11.8 Å². The molecule has 4 rings (SSSR count). The molecule has 33 heavy (non-hydrogen) atoms. The Bertz CT molecular complexity index is 1100. The largest absolute Gasteiger partial charge is 0.341 e. The van der Waals surface area contributed by atoms with Gasteiger partial charge in [-0.05, 0) is 62.6 Å². The quantitative estimate of drug-likeness (QED) is 0.408. The van der Waals surface area contributed by atoms with Gasteiger partial charge in [0.2, 0.25) is 5.95 Å². The summed E-state index contributed by atoms with van der Waals surface area (Å²) in [5, 5.41) is 6.06. The van der Waals surface area contributed by atoms with Gasteiger partial charge >= 0.3 is 0 Å². The zero-order valence-corrected chi connectivity index (χ0v) is 19.0. The SMILES string of the molecule is Cc1cc(Nc2ccc(NC(=O)c3ccccc3SC(F)F)cc2)nc(N2CCCCC2)n1. The summed E-state index contributed by atoms with van der Waals surface area (Å²) >= 11 is 0.360. The molecule has 1 aliphatic rings. The molecule has 0 spiro atoms. The Labute approximate surface area is 195 Å². The number of hydrogen-bond donors (Lipinski definition) is 2. The Morgan fingerprint density at radius 2 is 1.70 bits per heavy atom. The first-order chi connectivity index (χ1) is 16.0. The third-order valence-electron chi connectivity index (χ3n) is 5.24. The van der Waals surface area contributed by atoms with E-state index in [2.05, 4.69) is 25.5 Å². The first-order valence-corrected chi connectivity index (χ1v) is 11.7. The second-order valence-corrected chi connectivity index (χ2v) is 8.81. The van der Waals surface area contributed by atoms with E-state index >= 15 is 0 Å². The molecule has 0 bridgehead atoms. The van der Waals surface area contributed by atoms with Gasteiger partial charge in [-0.1, -0.05) is 23.9 Å². The maximum atomic E-state index is 12.8. The number of amides is 1. The molecule has 172 valence electrons. The average molecular weight is 470 g/mol. The van der Waals surface area contributed by atoms with Gasteiger partial charge in [0.15, 0.2) is 0 Å². The van der Waals surface area contributed by atoms with Crippen molar-refractivity contribution in [3.05, 3.63) is 65.9 Å². The van der Waals surface area contributed by atoms with Crippen LogP contribution in [0.4, 0.5) is 31.9 Å². The number of carbonyl (C=O) groups is 1. The monoisotopic (exact) mass is 469 g/mol. The summed E-state index contributed by atoms with van der Waals surface area (Å²) in [7, 11) is 0. The summed E-state index contributed by atoms with van der Waals surface area (Å²) in [5.74, 6) is -1.58. The Hall–Kier alpha value is -3.20. The minimum Gasteiger partial charge on any atom is -0.341 e. The highest BCUT2D eigenvalue weighted by Gasteiger charge is 2.16. The summed E-state index contributed by atoms with van der Waals surface area (Å²) in [5.41, 5.74) is 2.48. The summed E-state index contributed by atoms with van der Waals surface area (Å²) < 4.78 is 25.6. The second-order valence-electron chi connectivity index (χ2n) is 7.77. The molecule has 6 nitrogen and oxygen atoms in total. The van der Waals surface area contributed by atoms with E-state index in [0.717, 1.165) is 43.3 Å². The maximum absolute atomic E-state index is 12.8. The smallest absolute Gasteiger partial charge is 0.288 e. The second kappa shape index (κ2) is 10.6. The van der Waals surface area contributed by atoms with E-state index < -0.39 is 11.7 Å². The first-order valence-electron chi connectivity index (χ1n) is 10.8. The van der Waals surface area contributed by atoms with Crippen LogP contribution in [0.2, 0.25) is 0 Å². The maximum Gasteiger partial charge on any atom is 0.288 e. The number of thioether (sulfide) groups is 1. The van der Waals surface area contributed by atoms with Gasteiger partial charge in [-0.15, -0.1) is 0 Å². The number of aromatic nitrogens is 2. The standard InChI is InChI=1S/C24H25F2N5OS/c1-16-15-21(30-24(27-16)31-13-5-2-6-14-31)28-17-9-11-18(12-10-17)29-22(32)19-7-3-4-8-20(19)33-23(25)26/h3-4,7-12,15,23H,2,5-6,13-14H2,1H3,(H,29,32)(H,27,28,30). The number of nitrogens with zero attached hydrogens (tertiary/aromatic N) is 3. The molecule has 2 N–H and O–H groups in total. The Kier molecular flexibility index (Phi) is 7.39. The highest BCUT2D eigenvalue weighted by Crippen LogP contribution is 2.29. The lowest BCUT2D eigenvalue weighted by Crippen LogP contribution is -2.31.